The zero-order chi connectivity index (χ0) is 25.5. The number of quaternary nitrogens is 1. The molecule has 0 aromatic heterocycles. The van der Waals surface area contributed by atoms with Gasteiger partial charge in [0.05, 0.1) is 13.2 Å². The quantitative estimate of drug-likeness (QED) is 0.198. The molecule has 0 amide bonds. The average Bonchev–Trinajstić information content (AvgIpc) is 3.32. The van der Waals surface area contributed by atoms with E-state index in [1.54, 1.807) is 0 Å². The summed E-state index contributed by atoms with van der Waals surface area (Å²) in [6.07, 6.45) is 10.5. The van der Waals surface area contributed by atoms with Crippen molar-refractivity contribution in [2.45, 2.75) is 114 Å². The number of piperidine rings is 1. The van der Waals surface area contributed by atoms with Crippen LogP contribution in [-0.2, 0) is 23.9 Å². The fourth-order valence-corrected chi connectivity index (χ4v) is 7.47. The number of epoxide rings is 1. The number of esters is 1. The molecule has 3 aliphatic carbocycles. The maximum Gasteiger partial charge on any atom is 0.350 e. The number of carbonyl (C=O) groups excluding carboxylic acids is 3. The van der Waals surface area contributed by atoms with Crippen molar-refractivity contribution < 1.29 is 34.3 Å². The highest BCUT2D eigenvalue weighted by Gasteiger charge is 2.87. The Morgan fingerprint density at radius 2 is 1.75 bits per heavy atom. The van der Waals surface area contributed by atoms with Gasteiger partial charge in [-0.1, -0.05) is 18.4 Å². The van der Waals surface area contributed by atoms with E-state index >= 15 is 0 Å². The van der Waals surface area contributed by atoms with Gasteiger partial charge in [0.15, 0.2) is 17.2 Å². The van der Waals surface area contributed by atoms with Gasteiger partial charge < -0.3 is 19.9 Å². The lowest BCUT2D eigenvalue weighted by Gasteiger charge is -2.37. The van der Waals surface area contributed by atoms with E-state index in [-0.39, 0.29) is 36.9 Å². The smallest absolute Gasteiger partial charge is 0.350 e. The van der Waals surface area contributed by atoms with Gasteiger partial charge in [-0.2, -0.15) is 0 Å². The molecule has 0 aromatic rings. The highest BCUT2D eigenvalue weighted by atomic mass is 16.7. The molecule has 0 spiro atoms. The van der Waals surface area contributed by atoms with Crippen molar-refractivity contribution in [1.29, 1.82) is 0 Å². The van der Waals surface area contributed by atoms with Crippen LogP contribution in [0.15, 0.2) is 11.1 Å². The first-order valence-corrected chi connectivity index (χ1v) is 14.2. The topological polar surface area (TPSA) is 136 Å². The molecule has 2 aliphatic heterocycles. The lowest BCUT2D eigenvalue weighted by molar-refractivity contribution is -0.699. The van der Waals surface area contributed by atoms with E-state index in [1.807, 2.05) is 6.92 Å². The summed E-state index contributed by atoms with van der Waals surface area (Å²) in [5, 5.41) is 12.5. The van der Waals surface area contributed by atoms with Gasteiger partial charge >= 0.3 is 5.97 Å². The lowest BCUT2D eigenvalue weighted by Crippen LogP contribution is -2.94. The molecule has 0 radical (unpaired) electrons. The van der Waals surface area contributed by atoms with Crippen LogP contribution >= 0.6 is 0 Å². The molecule has 5 N–H and O–H groups in total. The number of hydrogen-bond acceptors (Lipinski definition) is 7. The minimum Gasteiger partial charge on any atom is -0.460 e. The van der Waals surface area contributed by atoms with Gasteiger partial charge in [-0.15, -0.1) is 0 Å². The number of fused-ring (bicyclic) bond motifs is 2. The summed E-state index contributed by atoms with van der Waals surface area (Å²) in [5.41, 5.74) is 4.46. The van der Waals surface area contributed by atoms with Crippen LogP contribution in [0.3, 0.4) is 0 Å². The summed E-state index contributed by atoms with van der Waals surface area (Å²) >= 11 is 0. The van der Waals surface area contributed by atoms with Gasteiger partial charge in [0.25, 0.3) is 5.60 Å². The minimum atomic E-state index is -1.84. The predicted octanol–water partition coefficient (Wildman–Crippen LogP) is 1.68. The number of ether oxygens (including phenoxy) is 2. The number of hydrogen-bond donors (Lipinski definition) is 3. The molecule has 3 saturated carbocycles. The second kappa shape index (κ2) is 10.3. The molecule has 8 nitrogen and oxygen atoms in total. The Balaban J connectivity index is 1.39. The van der Waals surface area contributed by atoms with Gasteiger partial charge in [-0.3, -0.25) is 15.3 Å². The van der Waals surface area contributed by atoms with Gasteiger partial charge in [0.2, 0.25) is 0 Å². The third-order valence-corrected chi connectivity index (χ3v) is 9.74. The van der Waals surface area contributed by atoms with Crippen molar-refractivity contribution in [2.24, 2.45) is 23.5 Å². The standard InChI is InChI=1S/C28H42N2O6/c1-17(10-11-18-12-13-30-23(29)14-18)19(16-31)15-27-24(32)21-8-4-5-9-22(21)25(33)28(27,36-27)26(34)35-20-6-2-3-7-20/h18,20-23,30-31H,2-16,29H2,1H3/p+1. The summed E-state index contributed by atoms with van der Waals surface area (Å²) in [6, 6.07) is 0. The molecule has 5 rings (SSSR count). The van der Waals surface area contributed by atoms with Crippen molar-refractivity contribution in [2.75, 3.05) is 13.2 Å². The maximum atomic E-state index is 13.9. The summed E-state index contributed by atoms with van der Waals surface area (Å²) in [7, 11) is 0. The van der Waals surface area contributed by atoms with E-state index in [2.05, 4.69) is 5.32 Å². The second-order valence-corrected chi connectivity index (χ2v) is 12.0. The second-order valence-electron chi connectivity index (χ2n) is 12.0. The van der Waals surface area contributed by atoms with Crippen molar-refractivity contribution >= 4 is 17.5 Å². The van der Waals surface area contributed by atoms with E-state index < -0.39 is 29.0 Å². The summed E-state index contributed by atoms with van der Waals surface area (Å²) in [4.78, 5) is 41.3. The molecule has 0 bridgehead atoms. The van der Waals surface area contributed by atoms with Crippen molar-refractivity contribution in [3.8, 4) is 0 Å². The Labute approximate surface area is 213 Å². The van der Waals surface area contributed by atoms with Crippen LogP contribution in [0.4, 0.5) is 0 Å². The van der Waals surface area contributed by atoms with E-state index in [0.29, 0.717) is 24.3 Å². The first-order valence-electron chi connectivity index (χ1n) is 14.2. The molecule has 200 valence electrons. The van der Waals surface area contributed by atoms with Crippen molar-refractivity contribution in [3.05, 3.63) is 11.1 Å². The number of allylic oxidation sites excluding steroid dienone is 1. The van der Waals surface area contributed by atoms with E-state index in [1.165, 1.54) is 0 Å². The molecule has 0 aromatic carbocycles. The number of aliphatic hydroxyl groups is 1. The van der Waals surface area contributed by atoms with Gasteiger partial charge in [0.1, 0.15) is 12.3 Å². The van der Waals surface area contributed by atoms with Crippen LogP contribution in [0.2, 0.25) is 0 Å². The normalized spacial score (nSPS) is 39.3. The molecule has 2 saturated heterocycles. The zero-order valence-corrected chi connectivity index (χ0v) is 21.6. The van der Waals surface area contributed by atoms with E-state index in [0.717, 1.165) is 76.3 Å². The third kappa shape index (κ3) is 4.38. The highest BCUT2D eigenvalue weighted by molar-refractivity contribution is 6.23. The molecule has 8 heteroatoms. The highest BCUT2D eigenvalue weighted by Crippen LogP contribution is 2.62. The Morgan fingerprint density at radius 1 is 1.08 bits per heavy atom. The molecule has 6 atom stereocenters. The van der Waals surface area contributed by atoms with Gasteiger partial charge in [-0.25, -0.2) is 4.79 Å². The van der Waals surface area contributed by atoms with Crippen molar-refractivity contribution in [3.63, 3.8) is 0 Å². The van der Waals surface area contributed by atoms with Crippen LogP contribution in [0.25, 0.3) is 0 Å². The Bertz CT molecular complexity index is 927. The largest absolute Gasteiger partial charge is 0.460 e. The predicted molar refractivity (Wildman–Crippen MR) is 131 cm³/mol. The average molecular weight is 504 g/mol. The minimum absolute atomic E-state index is 0.0842. The monoisotopic (exact) mass is 503 g/mol. The summed E-state index contributed by atoms with van der Waals surface area (Å²) < 4.78 is 11.9. The number of Topliss-reactive ketones (excluding diaryl/α,β-unsaturated/α-hetero) is 2. The van der Waals surface area contributed by atoms with Crippen LogP contribution in [0.1, 0.15) is 90.4 Å². The number of nitrogens with two attached hydrogens (primary N) is 2. The van der Waals surface area contributed by atoms with Gasteiger partial charge in [0, 0.05) is 24.7 Å². The zero-order valence-electron chi connectivity index (χ0n) is 21.6. The molecular weight excluding hydrogens is 460 g/mol. The van der Waals surface area contributed by atoms with E-state index in [9.17, 15) is 19.5 Å². The Morgan fingerprint density at radius 3 is 2.42 bits per heavy atom. The van der Waals surface area contributed by atoms with Crippen LogP contribution in [-0.4, -0.2) is 59.3 Å². The maximum absolute atomic E-state index is 13.9. The fraction of sp³-hybridized carbons (Fsp3) is 0.821. The molecule has 6 unspecified atom stereocenters. The van der Waals surface area contributed by atoms with Crippen LogP contribution in [0.5, 0.6) is 0 Å². The lowest BCUT2D eigenvalue weighted by atomic mass is 9.60. The number of carbonyl (C=O) groups is 3. The van der Waals surface area contributed by atoms with Gasteiger partial charge in [-0.05, 0) is 76.2 Å². The Kier molecular flexibility index (Phi) is 7.42. The number of rotatable bonds is 8. The molecule has 5 aliphatic rings. The number of aliphatic hydroxyl groups excluding tert-OH is 1. The summed E-state index contributed by atoms with van der Waals surface area (Å²) in [5.74, 6) is -1.41. The summed E-state index contributed by atoms with van der Waals surface area (Å²) in [6.45, 7) is 2.79. The molecule has 2 heterocycles. The molecule has 36 heavy (non-hydrogen) atoms. The Hall–Kier alpha value is -1.61. The van der Waals surface area contributed by atoms with Crippen molar-refractivity contribution in [1.82, 2.24) is 0 Å². The first kappa shape index (κ1) is 26.0. The SMILES string of the molecule is CC(CCC1CC[NH2+]C(N)C1)=C(CO)CC12OC1(C(=O)OC1CCCC1)C(=O)C1CCCCC1C2=O. The van der Waals surface area contributed by atoms with Crippen LogP contribution < -0.4 is 11.1 Å². The molecule has 5 fully saturated rings. The molecular formula is C28H43N2O6+. The first-order chi connectivity index (χ1) is 17.3. The van der Waals surface area contributed by atoms with E-state index in [4.69, 9.17) is 15.2 Å². The fourth-order valence-electron chi connectivity index (χ4n) is 7.47. The number of ketones is 2. The van der Waals surface area contributed by atoms with Crippen LogP contribution in [0, 0.1) is 17.8 Å². The third-order valence-electron chi connectivity index (χ3n) is 9.74.